The van der Waals surface area contributed by atoms with Crippen molar-refractivity contribution in [2.75, 3.05) is 23.9 Å². The Hall–Kier alpha value is -1.43. The molecule has 32 heavy (non-hydrogen) atoms. The van der Waals surface area contributed by atoms with Crippen molar-refractivity contribution in [3.05, 3.63) is 28.8 Å². The van der Waals surface area contributed by atoms with E-state index < -0.39 is 16.8 Å². The summed E-state index contributed by atoms with van der Waals surface area (Å²) >= 11 is 4.60. The number of phenolic OH excluding ortho intramolecular Hbond substituents is 1. The molecule has 0 saturated carbocycles. The minimum atomic E-state index is -1.21. The lowest BCUT2D eigenvalue weighted by Crippen LogP contribution is -2.16. The molecule has 7 nitrogen and oxygen atoms in total. The maximum atomic E-state index is 11.9. The Morgan fingerprint density at radius 1 is 1.19 bits per heavy atom. The summed E-state index contributed by atoms with van der Waals surface area (Å²) in [5.41, 5.74) is 2.18. The number of thioether (sulfide) groups is 2. The number of Topliss-reactive ketones (excluding diaryl/α,β-unsaturated/α-hetero) is 1. The Morgan fingerprint density at radius 2 is 1.91 bits per heavy atom. The van der Waals surface area contributed by atoms with Crippen LogP contribution in [0.25, 0.3) is 0 Å². The molecule has 0 amide bonds. The van der Waals surface area contributed by atoms with E-state index in [1.165, 1.54) is 18.3 Å². The summed E-state index contributed by atoms with van der Waals surface area (Å²) in [6.07, 6.45) is 2.29. The Balaban J connectivity index is 1.84. The Kier molecular flexibility index (Phi) is 11.7. The van der Waals surface area contributed by atoms with Crippen LogP contribution in [0.5, 0.6) is 5.75 Å². The molecule has 1 unspecified atom stereocenters. The molecule has 1 N–H and O–H groups in total. The molecule has 176 valence electrons. The zero-order valence-corrected chi connectivity index (χ0v) is 21.7. The molecule has 1 heterocycles. The predicted octanol–water partition coefficient (Wildman–Crippen LogP) is 4.49. The summed E-state index contributed by atoms with van der Waals surface area (Å²) in [7, 11) is -1.21. The van der Waals surface area contributed by atoms with Crippen LogP contribution in [0.1, 0.15) is 55.1 Å². The number of esters is 1. The lowest BCUT2D eigenvalue weighted by atomic mass is 9.98. The summed E-state index contributed by atoms with van der Waals surface area (Å²) in [4.78, 5) is 23.0. The molecule has 1 aromatic heterocycles. The fourth-order valence-electron chi connectivity index (χ4n) is 2.87. The van der Waals surface area contributed by atoms with E-state index in [4.69, 9.17) is 4.74 Å². The van der Waals surface area contributed by atoms with Crippen molar-refractivity contribution in [3.63, 3.8) is 0 Å². The van der Waals surface area contributed by atoms with Gasteiger partial charge in [-0.2, -0.15) is 0 Å². The third-order valence-electron chi connectivity index (χ3n) is 4.32. The van der Waals surface area contributed by atoms with Gasteiger partial charge in [-0.05, 0) is 43.9 Å². The van der Waals surface area contributed by atoms with Gasteiger partial charge in [-0.25, -0.2) is 0 Å². The third kappa shape index (κ3) is 8.49. The number of phenols is 1. The topological polar surface area (TPSA) is 106 Å². The van der Waals surface area contributed by atoms with E-state index in [9.17, 15) is 18.9 Å². The average molecular weight is 517 g/mol. The molecule has 0 aliphatic carbocycles. The molecule has 1 atom stereocenters. The van der Waals surface area contributed by atoms with E-state index in [2.05, 4.69) is 10.2 Å². The van der Waals surface area contributed by atoms with Gasteiger partial charge >= 0.3 is 5.97 Å². The minimum absolute atomic E-state index is 0.0545. The highest BCUT2D eigenvalue weighted by Gasteiger charge is 2.16. The quantitative estimate of drug-likeness (QED) is 0.168. The molecule has 0 spiro atoms. The van der Waals surface area contributed by atoms with Crippen molar-refractivity contribution >= 4 is 57.4 Å². The zero-order chi connectivity index (χ0) is 23.5. The van der Waals surface area contributed by atoms with E-state index in [1.54, 1.807) is 36.5 Å². The van der Waals surface area contributed by atoms with Gasteiger partial charge in [0, 0.05) is 28.1 Å². The van der Waals surface area contributed by atoms with Crippen molar-refractivity contribution < 1.29 is 23.6 Å². The van der Waals surface area contributed by atoms with Crippen LogP contribution in [0.15, 0.2) is 20.8 Å². The van der Waals surface area contributed by atoms with Crippen LogP contribution >= 0.6 is 34.9 Å². The molecule has 2 aromatic rings. The first kappa shape index (κ1) is 26.8. The fraction of sp³-hybridized carbons (Fsp3) is 0.524. The summed E-state index contributed by atoms with van der Waals surface area (Å²) in [6.45, 7) is 5.52. The number of aromatic nitrogens is 2. The molecule has 2 rings (SSSR count). The summed E-state index contributed by atoms with van der Waals surface area (Å²) < 4.78 is 18.3. The number of rotatable bonds is 14. The SMILES string of the molecule is CCCc1c(CSc2nnc(SCCCS(=O)CC(=O)OCC)s2)ccc(C(C)=O)c1O. The van der Waals surface area contributed by atoms with Gasteiger partial charge in [0.2, 0.25) is 0 Å². The first-order chi connectivity index (χ1) is 15.3. The van der Waals surface area contributed by atoms with Gasteiger partial charge < -0.3 is 9.84 Å². The number of ether oxygens (including phenoxy) is 1. The van der Waals surface area contributed by atoms with Crippen molar-refractivity contribution in [2.45, 2.75) is 54.5 Å². The van der Waals surface area contributed by atoms with Crippen molar-refractivity contribution in [1.82, 2.24) is 10.2 Å². The summed E-state index contributed by atoms with van der Waals surface area (Å²) in [6, 6.07) is 3.58. The maximum absolute atomic E-state index is 11.9. The smallest absolute Gasteiger partial charge is 0.318 e. The number of carbonyl (C=O) groups excluding carboxylic acids is 2. The van der Waals surface area contributed by atoms with E-state index in [0.29, 0.717) is 36.5 Å². The Bertz CT molecular complexity index is 948. The normalized spacial score (nSPS) is 12.0. The Morgan fingerprint density at radius 3 is 2.56 bits per heavy atom. The van der Waals surface area contributed by atoms with Crippen LogP contribution in [0, 0.1) is 0 Å². The van der Waals surface area contributed by atoms with E-state index in [0.717, 1.165) is 32.0 Å². The fourth-order valence-corrected chi connectivity index (χ4v) is 7.06. The van der Waals surface area contributed by atoms with Crippen molar-refractivity contribution in [3.8, 4) is 5.75 Å². The molecule has 0 aliphatic rings. The zero-order valence-electron chi connectivity index (χ0n) is 18.4. The molecule has 0 fully saturated rings. The highest BCUT2D eigenvalue weighted by molar-refractivity contribution is 8.02. The lowest BCUT2D eigenvalue weighted by molar-refractivity contribution is -0.139. The molecular weight excluding hydrogens is 489 g/mol. The Labute approximate surface area is 203 Å². The van der Waals surface area contributed by atoms with E-state index in [-0.39, 0.29) is 17.3 Å². The van der Waals surface area contributed by atoms with Gasteiger partial charge in [0.15, 0.2) is 14.5 Å². The second-order valence-corrected chi connectivity index (χ2v) is 11.9. The van der Waals surface area contributed by atoms with Gasteiger partial charge in [-0.3, -0.25) is 13.8 Å². The van der Waals surface area contributed by atoms with E-state index in [1.807, 2.05) is 13.0 Å². The van der Waals surface area contributed by atoms with Crippen LogP contribution in [-0.4, -0.2) is 55.1 Å². The van der Waals surface area contributed by atoms with Gasteiger partial charge in [0.25, 0.3) is 0 Å². The molecule has 11 heteroatoms. The summed E-state index contributed by atoms with van der Waals surface area (Å²) in [5.74, 6) is 1.30. The summed E-state index contributed by atoms with van der Waals surface area (Å²) in [5, 5.41) is 18.9. The average Bonchev–Trinajstić information content (AvgIpc) is 3.19. The predicted molar refractivity (Wildman–Crippen MR) is 131 cm³/mol. The highest BCUT2D eigenvalue weighted by Crippen LogP contribution is 2.34. The molecule has 0 saturated heterocycles. The number of ketones is 1. The molecular formula is C21H28N2O5S4. The second kappa shape index (κ2) is 14.0. The number of hydrogen-bond acceptors (Lipinski definition) is 10. The minimum Gasteiger partial charge on any atom is -0.507 e. The maximum Gasteiger partial charge on any atom is 0.318 e. The molecule has 0 bridgehead atoms. The van der Waals surface area contributed by atoms with Gasteiger partial charge in [0.1, 0.15) is 11.5 Å². The van der Waals surface area contributed by atoms with Crippen molar-refractivity contribution in [1.29, 1.82) is 0 Å². The second-order valence-electron chi connectivity index (χ2n) is 6.82. The van der Waals surface area contributed by atoms with Crippen LogP contribution in [0.2, 0.25) is 0 Å². The standard InChI is InChI=1S/C21H28N2O5S4/c1-4-7-17-15(8-9-16(14(3)24)19(17)26)12-30-21-23-22-20(31-21)29-10-6-11-32(27)13-18(25)28-5-2/h8-9,26H,4-7,10-13H2,1-3H3. The molecule has 0 radical (unpaired) electrons. The third-order valence-corrected chi connectivity index (χ3v) is 8.95. The number of aromatic hydroxyl groups is 1. The van der Waals surface area contributed by atoms with Crippen LogP contribution in [0.4, 0.5) is 0 Å². The first-order valence-electron chi connectivity index (χ1n) is 10.3. The number of hydrogen-bond donors (Lipinski definition) is 1. The van der Waals surface area contributed by atoms with Crippen LogP contribution in [-0.2, 0) is 32.5 Å². The van der Waals surface area contributed by atoms with E-state index >= 15 is 0 Å². The van der Waals surface area contributed by atoms with Gasteiger partial charge in [-0.1, -0.05) is 54.3 Å². The van der Waals surface area contributed by atoms with Crippen LogP contribution < -0.4 is 0 Å². The van der Waals surface area contributed by atoms with Gasteiger partial charge in [0.05, 0.1) is 12.2 Å². The molecule has 1 aromatic carbocycles. The van der Waals surface area contributed by atoms with Gasteiger partial charge in [-0.15, -0.1) is 10.2 Å². The van der Waals surface area contributed by atoms with Crippen molar-refractivity contribution in [2.24, 2.45) is 0 Å². The first-order valence-corrected chi connectivity index (χ1v) is 14.6. The molecule has 0 aliphatic heterocycles. The largest absolute Gasteiger partial charge is 0.507 e. The number of nitrogens with zero attached hydrogens (tertiary/aromatic N) is 2. The van der Waals surface area contributed by atoms with Crippen LogP contribution in [0.3, 0.4) is 0 Å². The monoisotopic (exact) mass is 516 g/mol. The highest BCUT2D eigenvalue weighted by atomic mass is 32.2. The number of benzene rings is 1. The number of carbonyl (C=O) groups is 2. The lowest BCUT2D eigenvalue weighted by Gasteiger charge is -2.12.